The third kappa shape index (κ3) is 3.12. The van der Waals surface area contributed by atoms with Gasteiger partial charge in [-0.1, -0.05) is 6.08 Å². The molecule has 150 valence electrons. The normalized spacial score (nSPS) is 18.9. The zero-order valence-electron chi connectivity index (χ0n) is 16.6. The fourth-order valence-corrected chi connectivity index (χ4v) is 4.23. The predicted molar refractivity (Wildman–Crippen MR) is 114 cm³/mol. The van der Waals surface area contributed by atoms with E-state index in [0.29, 0.717) is 23.3 Å². The van der Waals surface area contributed by atoms with Crippen LogP contribution in [0.15, 0.2) is 66.9 Å². The summed E-state index contributed by atoms with van der Waals surface area (Å²) in [5.74, 6) is 0.951. The van der Waals surface area contributed by atoms with Crippen LogP contribution in [0.5, 0.6) is 0 Å². The van der Waals surface area contributed by atoms with Crippen molar-refractivity contribution in [2.75, 3.05) is 11.4 Å². The number of halogens is 1. The van der Waals surface area contributed by atoms with Crippen LogP contribution in [0.25, 0.3) is 17.0 Å². The van der Waals surface area contributed by atoms with Gasteiger partial charge in [0, 0.05) is 36.4 Å². The molecule has 2 aliphatic carbocycles. The molecule has 0 unspecified atom stereocenters. The van der Waals surface area contributed by atoms with E-state index in [4.69, 9.17) is 0 Å². The summed E-state index contributed by atoms with van der Waals surface area (Å²) in [7, 11) is 0. The van der Waals surface area contributed by atoms with Gasteiger partial charge in [0.15, 0.2) is 5.82 Å². The molecule has 0 atom stereocenters. The van der Waals surface area contributed by atoms with Crippen molar-refractivity contribution in [2.24, 2.45) is 5.92 Å². The van der Waals surface area contributed by atoms with E-state index in [1.807, 2.05) is 41.2 Å². The molecule has 30 heavy (non-hydrogen) atoms. The first kappa shape index (κ1) is 17.6. The second kappa shape index (κ2) is 6.90. The largest absolute Gasteiger partial charge is 0.340 e. The Hall–Kier alpha value is -3.28. The zero-order chi connectivity index (χ0) is 20.1. The van der Waals surface area contributed by atoms with Gasteiger partial charge >= 0.3 is 0 Å². The molecule has 1 aliphatic heterocycles. The minimum absolute atomic E-state index is 0.257. The quantitative estimate of drug-likeness (QED) is 0.605. The fraction of sp³-hybridized carbons (Fsp3) is 0.292. The lowest BCUT2D eigenvalue weighted by atomic mass is 10.00. The van der Waals surface area contributed by atoms with Gasteiger partial charge in [0.25, 0.3) is 0 Å². The number of rotatable bonds is 5. The summed E-state index contributed by atoms with van der Waals surface area (Å²) >= 11 is 0. The number of nitrogens with zero attached hydrogens (tertiary/aromatic N) is 5. The topological polar surface area (TPSA) is 46.8 Å². The average molecular weight is 399 g/mol. The first-order valence-corrected chi connectivity index (χ1v) is 10.6. The third-order valence-electron chi connectivity index (χ3n) is 6.16. The molecule has 0 spiro atoms. The van der Waals surface area contributed by atoms with Gasteiger partial charge in [-0.15, -0.1) is 10.2 Å². The van der Waals surface area contributed by atoms with Crippen LogP contribution in [-0.4, -0.2) is 26.3 Å². The summed E-state index contributed by atoms with van der Waals surface area (Å²) in [5, 5.41) is 8.30. The van der Waals surface area contributed by atoms with E-state index in [1.54, 1.807) is 12.4 Å². The van der Waals surface area contributed by atoms with Crippen LogP contribution in [0, 0.1) is 11.7 Å². The third-order valence-corrected chi connectivity index (χ3v) is 6.16. The highest BCUT2D eigenvalue weighted by Crippen LogP contribution is 2.43. The molecule has 0 amide bonds. The maximum atomic E-state index is 14.8. The van der Waals surface area contributed by atoms with Crippen LogP contribution in [0.2, 0.25) is 0 Å². The van der Waals surface area contributed by atoms with Crippen LogP contribution in [-0.2, 0) is 0 Å². The molecule has 0 saturated heterocycles. The number of aromatic nitrogens is 4. The van der Waals surface area contributed by atoms with E-state index in [-0.39, 0.29) is 5.82 Å². The Balaban J connectivity index is 1.40. The summed E-state index contributed by atoms with van der Waals surface area (Å²) in [4.78, 5) is 6.46. The Bertz CT molecular complexity index is 1160. The van der Waals surface area contributed by atoms with Gasteiger partial charge in [0.05, 0.1) is 5.56 Å². The number of anilines is 1. The maximum absolute atomic E-state index is 14.8. The van der Waals surface area contributed by atoms with E-state index in [2.05, 4.69) is 32.2 Å². The van der Waals surface area contributed by atoms with Gasteiger partial charge < -0.3 is 9.47 Å². The number of hydrogen-bond donors (Lipinski definition) is 0. The van der Waals surface area contributed by atoms with Gasteiger partial charge in [0.2, 0.25) is 0 Å². The molecule has 5 nitrogen and oxygen atoms in total. The van der Waals surface area contributed by atoms with Gasteiger partial charge in [-0.2, -0.15) is 0 Å². The van der Waals surface area contributed by atoms with Crippen molar-refractivity contribution in [1.82, 2.24) is 19.7 Å². The zero-order valence-corrected chi connectivity index (χ0v) is 16.6. The molecule has 2 saturated carbocycles. The summed E-state index contributed by atoms with van der Waals surface area (Å²) in [6.07, 6.45) is 14.4. The SMILES string of the molecule is Fc1ccc(N2CC(c3ccncc3)=CC=C2C2CC2)cc1-c1nncn1C1CC1. The lowest BCUT2D eigenvalue weighted by Crippen LogP contribution is -2.28. The molecule has 3 heterocycles. The molecule has 6 rings (SSSR count). The van der Waals surface area contributed by atoms with Gasteiger partial charge in [-0.3, -0.25) is 4.98 Å². The second-order valence-electron chi connectivity index (χ2n) is 8.34. The van der Waals surface area contributed by atoms with Crippen molar-refractivity contribution in [2.45, 2.75) is 31.7 Å². The van der Waals surface area contributed by atoms with Crippen LogP contribution in [0.4, 0.5) is 10.1 Å². The van der Waals surface area contributed by atoms with Crippen molar-refractivity contribution in [3.8, 4) is 11.4 Å². The van der Waals surface area contributed by atoms with Gasteiger partial charge in [-0.05, 0) is 79.1 Å². The maximum Gasteiger partial charge on any atom is 0.167 e. The van der Waals surface area contributed by atoms with Crippen LogP contribution >= 0.6 is 0 Å². The molecule has 1 aromatic carbocycles. The molecule has 0 radical (unpaired) electrons. The Kier molecular flexibility index (Phi) is 4.04. The molecular weight excluding hydrogens is 377 g/mol. The van der Waals surface area contributed by atoms with E-state index >= 15 is 0 Å². The van der Waals surface area contributed by atoms with Crippen molar-refractivity contribution in [3.63, 3.8) is 0 Å². The highest BCUT2D eigenvalue weighted by Gasteiger charge is 2.33. The first-order valence-electron chi connectivity index (χ1n) is 10.6. The van der Waals surface area contributed by atoms with E-state index in [9.17, 15) is 4.39 Å². The monoisotopic (exact) mass is 399 g/mol. The average Bonchev–Trinajstić information content (AvgIpc) is 3.73. The summed E-state index contributed by atoms with van der Waals surface area (Å²) < 4.78 is 16.9. The molecule has 2 aromatic heterocycles. The highest BCUT2D eigenvalue weighted by atomic mass is 19.1. The fourth-order valence-electron chi connectivity index (χ4n) is 4.23. The van der Waals surface area contributed by atoms with Crippen molar-refractivity contribution >= 4 is 11.3 Å². The van der Waals surface area contributed by atoms with Gasteiger partial charge in [0.1, 0.15) is 12.1 Å². The lowest BCUT2D eigenvalue weighted by molar-refractivity contribution is 0.626. The predicted octanol–water partition coefficient (Wildman–Crippen LogP) is 5.01. The van der Waals surface area contributed by atoms with Crippen LogP contribution in [0.3, 0.4) is 0 Å². The molecular formula is C24H22FN5. The number of benzene rings is 1. The Morgan fingerprint density at radius 3 is 2.57 bits per heavy atom. The number of pyridine rings is 1. The molecule has 3 aliphatic rings. The van der Waals surface area contributed by atoms with Crippen molar-refractivity contribution in [3.05, 3.63) is 78.3 Å². The smallest absolute Gasteiger partial charge is 0.167 e. The number of hydrogen-bond acceptors (Lipinski definition) is 4. The Labute approximate surface area is 174 Å². The molecule has 6 heteroatoms. The second-order valence-corrected chi connectivity index (χ2v) is 8.34. The Morgan fingerprint density at radius 1 is 0.967 bits per heavy atom. The Morgan fingerprint density at radius 2 is 1.80 bits per heavy atom. The van der Waals surface area contributed by atoms with E-state index in [0.717, 1.165) is 30.6 Å². The van der Waals surface area contributed by atoms with E-state index < -0.39 is 0 Å². The van der Waals surface area contributed by atoms with E-state index in [1.165, 1.54) is 24.1 Å². The molecule has 2 fully saturated rings. The number of allylic oxidation sites excluding steroid dienone is 3. The lowest BCUT2D eigenvalue weighted by Gasteiger charge is -2.32. The highest BCUT2D eigenvalue weighted by molar-refractivity contribution is 5.77. The minimum atomic E-state index is -0.257. The summed E-state index contributed by atoms with van der Waals surface area (Å²) in [6, 6.07) is 9.84. The summed E-state index contributed by atoms with van der Waals surface area (Å²) in [6.45, 7) is 0.757. The van der Waals surface area contributed by atoms with Crippen molar-refractivity contribution in [1.29, 1.82) is 0 Å². The minimum Gasteiger partial charge on any atom is -0.340 e. The van der Waals surface area contributed by atoms with Crippen LogP contribution < -0.4 is 4.90 Å². The first-order chi connectivity index (χ1) is 14.8. The molecule has 3 aromatic rings. The summed E-state index contributed by atoms with van der Waals surface area (Å²) in [5.41, 5.74) is 5.22. The van der Waals surface area contributed by atoms with Crippen LogP contribution in [0.1, 0.15) is 37.3 Å². The standard InChI is InChI=1S/C24H22FN5/c25-22-7-6-20(13-21(22)24-28-27-15-30(24)19-4-5-19)29-14-18(16-9-11-26-12-10-16)3-8-23(29)17-1-2-17/h3,6-13,15,17,19H,1-2,4-5,14H2. The molecule has 0 bridgehead atoms. The molecule has 0 N–H and O–H groups in total. The van der Waals surface area contributed by atoms with Gasteiger partial charge in [-0.25, -0.2) is 4.39 Å². The van der Waals surface area contributed by atoms with Crippen molar-refractivity contribution < 1.29 is 4.39 Å².